The summed E-state index contributed by atoms with van der Waals surface area (Å²) in [5.74, 6) is -3.71. The zero-order valence-electron chi connectivity index (χ0n) is 18.7. The fourth-order valence-corrected chi connectivity index (χ4v) is 5.45. The number of nitrogens with zero attached hydrogens (tertiary/aromatic N) is 2. The van der Waals surface area contributed by atoms with E-state index in [1.807, 2.05) is 12.1 Å². The lowest BCUT2D eigenvalue weighted by Crippen LogP contribution is -2.49. The van der Waals surface area contributed by atoms with Crippen molar-refractivity contribution >= 4 is 52.0 Å². The molecule has 2 aliphatic rings. The third kappa shape index (κ3) is 4.42. The summed E-state index contributed by atoms with van der Waals surface area (Å²) >= 11 is 12.5. The molecule has 1 saturated carbocycles. The highest BCUT2D eigenvalue weighted by molar-refractivity contribution is 6.31. The van der Waals surface area contributed by atoms with E-state index in [4.69, 9.17) is 28.2 Å². The van der Waals surface area contributed by atoms with Crippen LogP contribution in [0.15, 0.2) is 77.8 Å². The van der Waals surface area contributed by atoms with Crippen LogP contribution in [0, 0.1) is 5.92 Å². The molecule has 1 aliphatic carbocycles. The molecule has 1 fully saturated rings. The highest BCUT2D eigenvalue weighted by Crippen LogP contribution is 2.49. The van der Waals surface area contributed by atoms with Crippen LogP contribution in [0.4, 0.5) is 24.5 Å². The monoisotopic (exact) mass is 530 g/mol. The Bertz CT molecular complexity index is 1370. The minimum atomic E-state index is -5.18. The maximum atomic E-state index is 13.9. The molecule has 36 heavy (non-hydrogen) atoms. The number of anilines is 1. The lowest BCUT2D eigenvalue weighted by atomic mass is 9.72. The molecule has 5 rings (SSSR count). The molecule has 3 atom stereocenters. The van der Waals surface area contributed by atoms with Crippen LogP contribution in [0.25, 0.3) is 0 Å². The second-order valence-electron chi connectivity index (χ2n) is 8.83. The van der Waals surface area contributed by atoms with Gasteiger partial charge in [0.2, 0.25) is 0 Å². The fraction of sp³-hybridized carbons (Fsp3) is 0.222. The molecule has 0 N–H and O–H groups in total. The van der Waals surface area contributed by atoms with Crippen LogP contribution in [0.5, 0.6) is 0 Å². The number of fused-ring (bicyclic) bond motifs is 2. The maximum absolute atomic E-state index is 13.9. The number of alkyl halides is 3. The number of benzene rings is 3. The number of rotatable bonds is 2. The third-order valence-corrected chi connectivity index (χ3v) is 7.23. The van der Waals surface area contributed by atoms with Crippen LogP contribution in [0.1, 0.15) is 35.9 Å². The predicted molar refractivity (Wildman–Crippen MR) is 133 cm³/mol. The number of hydrogen-bond acceptors (Lipinski definition) is 3. The molecule has 184 valence electrons. The molecule has 4 nitrogen and oxygen atoms in total. The van der Waals surface area contributed by atoms with E-state index in [0.717, 1.165) is 5.56 Å². The van der Waals surface area contributed by atoms with Gasteiger partial charge >= 0.3 is 12.1 Å². The van der Waals surface area contributed by atoms with E-state index in [2.05, 4.69) is 0 Å². The summed E-state index contributed by atoms with van der Waals surface area (Å²) in [5, 5.41) is 0.716. The molecule has 0 spiro atoms. The first-order valence-corrected chi connectivity index (χ1v) is 12.0. The average Bonchev–Trinajstić information content (AvgIpc) is 2.98. The number of para-hydroxylation sites is 2. The molecule has 3 aromatic rings. The van der Waals surface area contributed by atoms with Crippen molar-refractivity contribution in [1.82, 2.24) is 0 Å². The molecule has 0 aromatic heterocycles. The molecule has 0 bridgehead atoms. The van der Waals surface area contributed by atoms with Gasteiger partial charge in [-0.1, -0.05) is 65.7 Å². The molecule has 3 unspecified atom stereocenters. The van der Waals surface area contributed by atoms with Gasteiger partial charge in [-0.15, -0.1) is 0 Å². The van der Waals surface area contributed by atoms with E-state index < -0.39 is 24.0 Å². The van der Waals surface area contributed by atoms with Crippen LogP contribution in [0.3, 0.4) is 0 Å². The second-order valence-corrected chi connectivity index (χ2v) is 9.68. The first-order valence-electron chi connectivity index (χ1n) is 11.2. The zero-order chi connectivity index (χ0) is 25.6. The van der Waals surface area contributed by atoms with Gasteiger partial charge in [0.1, 0.15) is 5.78 Å². The van der Waals surface area contributed by atoms with Crippen molar-refractivity contribution in [3.8, 4) is 0 Å². The van der Waals surface area contributed by atoms with Gasteiger partial charge in [-0.3, -0.25) is 19.5 Å². The van der Waals surface area contributed by atoms with E-state index in [1.54, 1.807) is 42.5 Å². The Morgan fingerprint density at radius 3 is 2.28 bits per heavy atom. The van der Waals surface area contributed by atoms with E-state index in [9.17, 15) is 22.8 Å². The summed E-state index contributed by atoms with van der Waals surface area (Å²) in [6, 6.07) is 18.3. The summed E-state index contributed by atoms with van der Waals surface area (Å²) in [5.41, 5.74) is 1.71. The topological polar surface area (TPSA) is 49.7 Å². The van der Waals surface area contributed by atoms with E-state index >= 15 is 0 Å². The number of halogens is 5. The lowest BCUT2D eigenvalue weighted by molar-refractivity contribution is -0.171. The smallest absolute Gasteiger partial charge is 0.299 e. The number of carbonyl (C=O) groups is 2. The van der Waals surface area contributed by atoms with Crippen molar-refractivity contribution in [1.29, 1.82) is 0 Å². The maximum Gasteiger partial charge on any atom is 0.471 e. The average molecular weight is 531 g/mol. The summed E-state index contributed by atoms with van der Waals surface area (Å²) in [4.78, 5) is 32.0. The Hall–Kier alpha value is -3.16. The fourth-order valence-electron chi connectivity index (χ4n) is 5.07. The van der Waals surface area contributed by atoms with Crippen molar-refractivity contribution in [2.75, 3.05) is 4.90 Å². The van der Waals surface area contributed by atoms with Gasteiger partial charge in [-0.05, 0) is 53.8 Å². The Morgan fingerprint density at radius 1 is 0.917 bits per heavy atom. The number of aliphatic imine (C=N–C) groups is 1. The first-order chi connectivity index (χ1) is 17.1. The Balaban J connectivity index is 1.71. The lowest BCUT2D eigenvalue weighted by Gasteiger charge is -2.39. The first kappa shape index (κ1) is 24.5. The van der Waals surface area contributed by atoms with Gasteiger partial charge in [0.25, 0.3) is 0 Å². The van der Waals surface area contributed by atoms with E-state index in [-0.39, 0.29) is 40.1 Å². The van der Waals surface area contributed by atoms with Crippen molar-refractivity contribution in [2.24, 2.45) is 10.9 Å². The minimum absolute atomic E-state index is 0.0255. The van der Waals surface area contributed by atoms with Gasteiger partial charge in [-0.25, -0.2) is 0 Å². The van der Waals surface area contributed by atoms with Crippen LogP contribution in [-0.2, 0) is 9.59 Å². The molecule has 9 heteroatoms. The minimum Gasteiger partial charge on any atom is -0.299 e. The molecular formula is C27H19Cl2F3N2O2. The standard InChI is InChI=1S/C27H19Cl2F3N2O2/c28-17-11-9-15(10-12-17)16-13-21-24(23(35)14-16)25(18-5-1-2-6-19(18)29)34(26(36)27(30,31)32)22-8-4-3-7-20(22)33-21/h1-12,16,24-25H,13-14H2. The summed E-state index contributed by atoms with van der Waals surface area (Å²) in [6.45, 7) is 0. The van der Waals surface area contributed by atoms with Gasteiger partial charge in [0.15, 0.2) is 0 Å². The van der Waals surface area contributed by atoms with E-state index in [1.165, 1.54) is 18.2 Å². The quantitative estimate of drug-likeness (QED) is 0.344. The zero-order valence-corrected chi connectivity index (χ0v) is 20.2. The van der Waals surface area contributed by atoms with Gasteiger partial charge in [0, 0.05) is 22.2 Å². The highest BCUT2D eigenvalue weighted by atomic mass is 35.5. The Labute approximate surface area is 215 Å². The van der Waals surface area contributed by atoms with Gasteiger partial charge in [0.05, 0.1) is 23.3 Å². The normalized spacial score (nSPS) is 21.8. The van der Waals surface area contributed by atoms with Crippen LogP contribution >= 0.6 is 23.2 Å². The van der Waals surface area contributed by atoms with Crippen molar-refractivity contribution in [3.63, 3.8) is 0 Å². The summed E-state index contributed by atoms with van der Waals surface area (Å²) < 4.78 is 41.8. The molecule has 1 aliphatic heterocycles. The van der Waals surface area contributed by atoms with Crippen molar-refractivity contribution in [3.05, 3.63) is 94.0 Å². The Kier molecular flexibility index (Phi) is 6.39. The molecule has 1 amide bonds. The number of amides is 1. The van der Waals surface area contributed by atoms with Crippen molar-refractivity contribution < 1.29 is 22.8 Å². The Morgan fingerprint density at radius 2 is 1.58 bits per heavy atom. The van der Waals surface area contributed by atoms with Gasteiger partial charge in [-0.2, -0.15) is 13.2 Å². The SMILES string of the molecule is O=C1CC(c2ccc(Cl)cc2)CC2=Nc3ccccc3N(C(=O)C(F)(F)F)C(c3ccccc3Cl)C12. The van der Waals surface area contributed by atoms with Gasteiger partial charge < -0.3 is 0 Å². The number of Topliss-reactive ketones (excluding diaryl/α,β-unsaturated/α-hetero) is 1. The molecule has 0 radical (unpaired) electrons. The molecule has 3 aromatic carbocycles. The molecule has 1 heterocycles. The summed E-state index contributed by atoms with van der Waals surface area (Å²) in [7, 11) is 0. The highest BCUT2D eigenvalue weighted by Gasteiger charge is 2.52. The predicted octanol–water partition coefficient (Wildman–Crippen LogP) is 7.48. The number of carbonyl (C=O) groups excluding carboxylic acids is 2. The molecular weight excluding hydrogens is 512 g/mol. The van der Waals surface area contributed by atoms with Crippen LogP contribution in [-0.4, -0.2) is 23.6 Å². The van der Waals surface area contributed by atoms with Crippen LogP contribution < -0.4 is 4.90 Å². The van der Waals surface area contributed by atoms with Crippen LogP contribution in [0.2, 0.25) is 10.0 Å². The number of ketones is 1. The third-order valence-electron chi connectivity index (χ3n) is 6.63. The summed E-state index contributed by atoms with van der Waals surface area (Å²) in [6.07, 6.45) is -4.77. The van der Waals surface area contributed by atoms with E-state index in [0.29, 0.717) is 22.1 Å². The number of hydrogen-bond donors (Lipinski definition) is 0. The van der Waals surface area contributed by atoms with Crippen molar-refractivity contribution in [2.45, 2.75) is 31.0 Å². The second kappa shape index (κ2) is 9.37. The molecule has 0 saturated heterocycles. The largest absolute Gasteiger partial charge is 0.471 e.